The van der Waals surface area contributed by atoms with E-state index in [1.807, 2.05) is 36.5 Å². The van der Waals surface area contributed by atoms with Crippen LogP contribution in [0.2, 0.25) is 0 Å². The molecule has 0 unspecified atom stereocenters. The average molecular weight is 505 g/mol. The number of nitrogens with one attached hydrogen (secondary N) is 1. The van der Waals surface area contributed by atoms with Crippen molar-refractivity contribution < 1.29 is 0 Å². The first kappa shape index (κ1) is 24.1. The van der Waals surface area contributed by atoms with E-state index >= 15 is 0 Å². The Kier molecular flexibility index (Phi) is 6.83. The summed E-state index contributed by atoms with van der Waals surface area (Å²) in [4.78, 5) is 0. The van der Waals surface area contributed by atoms with Crippen LogP contribution in [-0.4, -0.2) is 16.0 Å². The molecule has 0 bridgehead atoms. The third kappa shape index (κ3) is 4.88. The van der Waals surface area contributed by atoms with Gasteiger partial charge < -0.3 is 0 Å². The highest BCUT2D eigenvalue weighted by Gasteiger charge is 2.39. The van der Waals surface area contributed by atoms with Crippen LogP contribution in [-0.2, 0) is 5.54 Å². The summed E-state index contributed by atoms with van der Waals surface area (Å²) in [5.74, 6) is 0. The van der Waals surface area contributed by atoms with Gasteiger partial charge in [-0.3, -0.25) is 10.1 Å². The van der Waals surface area contributed by atoms with E-state index in [2.05, 4.69) is 143 Å². The first-order valence-corrected chi connectivity index (χ1v) is 13.0. The van der Waals surface area contributed by atoms with Crippen LogP contribution < -0.4 is 5.43 Å². The van der Waals surface area contributed by atoms with Gasteiger partial charge in [-0.2, -0.15) is 10.2 Å². The van der Waals surface area contributed by atoms with Crippen LogP contribution in [0.15, 0.2) is 163 Å². The fourth-order valence-electron chi connectivity index (χ4n) is 5.03. The van der Waals surface area contributed by atoms with Crippen molar-refractivity contribution in [1.82, 2.24) is 9.78 Å². The normalized spacial score (nSPS) is 11.5. The van der Waals surface area contributed by atoms with Gasteiger partial charge in [0, 0.05) is 11.8 Å². The molecule has 0 saturated carbocycles. The van der Waals surface area contributed by atoms with Crippen molar-refractivity contribution in [3.63, 3.8) is 0 Å². The Balaban J connectivity index is 1.38. The molecule has 0 aliphatic carbocycles. The van der Waals surface area contributed by atoms with Crippen LogP contribution in [0.4, 0.5) is 5.69 Å². The highest BCUT2D eigenvalue weighted by Crippen LogP contribution is 2.40. The van der Waals surface area contributed by atoms with Crippen LogP contribution in [0.25, 0.3) is 11.3 Å². The van der Waals surface area contributed by atoms with E-state index in [0.717, 1.165) is 39.2 Å². The van der Waals surface area contributed by atoms with Gasteiger partial charge in [0.25, 0.3) is 0 Å². The van der Waals surface area contributed by atoms with E-state index in [9.17, 15) is 0 Å². The first-order valence-electron chi connectivity index (χ1n) is 13.0. The lowest BCUT2D eigenvalue weighted by Crippen LogP contribution is -2.38. The van der Waals surface area contributed by atoms with E-state index < -0.39 is 5.54 Å². The van der Waals surface area contributed by atoms with Gasteiger partial charge in [-0.05, 0) is 40.5 Å². The molecule has 5 aromatic carbocycles. The minimum absolute atomic E-state index is 0.627. The van der Waals surface area contributed by atoms with Gasteiger partial charge in [0.1, 0.15) is 5.54 Å². The Hall–Kier alpha value is -5.22. The number of hydrogen-bond acceptors (Lipinski definition) is 3. The predicted molar refractivity (Wildman–Crippen MR) is 160 cm³/mol. The van der Waals surface area contributed by atoms with Gasteiger partial charge in [0.15, 0.2) is 0 Å². The molecule has 0 radical (unpaired) electrons. The SMILES string of the molecule is C(=NNc1ccccc1)c1ccc(-c2ccn(C(c3ccccc3)(c3ccccc3)c3ccccc3)n2)cc1. The molecule has 6 rings (SSSR count). The second kappa shape index (κ2) is 11.0. The molecule has 0 saturated heterocycles. The van der Waals surface area contributed by atoms with E-state index in [4.69, 9.17) is 5.10 Å². The zero-order valence-electron chi connectivity index (χ0n) is 21.4. The minimum Gasteiger partial charge on any atom is -0.279 e. The largest absolute Gasteiger partial charge is 0.279 e. The summed E-state index contributed by atoms with van der Waals surface area (Å²) in [6.07, 6.45) is 3.90. The van der Waals surface area contributed by atoms with Gasteiger partial charge >= 0.3 is 0 Å². The molecule has 1 N–H and O–H groups in total. The van der Waals surface area contributed by atoms with Crippen LogP contribution in [0.1, 0.15) is 22.3 Å². The number of rotatable bonds is 8. The van der Waals surface area contributed by atoms with E-state index in [1.165, 1.54) is 0 Å². The number of hydrazone groups is 1. The first-order chi connectivity index (χ1) is 19.3. The van der Waals surface area contributed by atoms with Crippen molar-refractivity contribution in [2.75, 3.05) is 5.43 Å². The molecule has 0 aliphatic heterocycles. The summed E-state index contributed by atoms with van der Waals surface area (Å²) in [5.41, 5.74) is 9.79. The van der Waals surface area contributed by atoms with Crippen LogP contribution in [0, 0.1) is 0 Å². The molecule has 39 heavy (non-hydrogen) atoms. The summed E-state index contributed by atoms with van der Waals surface area (Å²) in [6, 6.07) is 52.1. The second-order valence-electron chi connectivity index (χ2n) is 9.31. The molecule has 0 fully saturated rings. The number of aromatic nitrogens is 2. The highest BCUT2D eigenvalue weighted by atomic mass is 15.3. The maximum Gasteiger partial charge on any atom is 0.138 e. The number of para-hydroxylation sites is 1. The van der Waals surface area contributed by atoms with Crippen molar-refractivity contribution in [3.8, 4) is 11.3 Å². The smallest absolute Gasteiger partial charge is 0.138 e. The Morgan fingerprint density at radius 1 is 0.564 bits per heavy atom. The summed E-state index contributed by atoms with van der Waals surface area (Å²) in [5, 5.41) is 9.54. The lowest BCUT2D eigenvalue weighted by molar-refractivity contribution is 0.461. The Labute approximate surface area is 228 Å². The molecular weight excluding hydrogens is 476 g/mol. The number of anilines is 1. The third-order valence-electron chi connectivity index (χ3n) is 6.89. The van der Waals surface area contributed by atoms with Crippen molar-refractivity contribution >= 4 is 11.9 Å². The van der Waals surface area contributed by atoms with Crippen molar-refractivity contribution in [1.29, 1.82) is 0 Å². The summed E-state index contributed by atoms with van der Waals surface area (Å²) < 4.78 is 2.10. The third-order valence-corrected chi connectivity index (χ3v) is 6.89. The Morgan fingerprint density at radius 2 is 1.05 bits per heavy atom. The average Bonchev–Trinajstić information content (AvgIpc) is 3.51. The summed E-state index contributed by atoms with van der Waals surface area (Å²) in [7, 11) is 0. The molecule has 0 aliphatic rings. The van der Waals surface area contributed by atoms with E-state index in [0.29, 0.717) is 0 Å². The molecule has 0 atom stereocenters. The van der Waals surface area contributed by atoms with Crippen LogP contribution >= 0.6 is 0 Å². The number of benzene rings is 5. The molecule has 6 aromatic rings. The lowest BCUT2D eigenvalue weighted by atomic mass is 9.77. The molecule has 0 amide bonds. The fraction of sp³-hybridized carbons (Fsp3) is 0.0286. The summed E-state index contributed by atoms with van der Waals surface area (Å²) >= 11 is 0. The predicted octanol–water partition coefficient (Wildman–Crippen LogP) is 7.84. The van der Waals surface area contributed by atoms with E-state index in [-0.39, 0.29) is 0 Å². The molecule has 4 heteroatoms. The monoisotopic (exact) mass is 504 g/mol. The van der Waals surface area contributed by atoms with Crippen molar-refractivity contribution in [2.24, 2.45) is 5.10 Å². The van der Waals surface area contributed by atoms with Crippen LogP contribution in [0.5, 0.6) is 0 Å². The van der Waals surface area contributed by atoms with Crippen LogP contribution in [0.3, 0.4) is 0 Å². The van der Waals surface area contributed by atoms with Crippen molar-refractivity contribution in [2.45, 2.75) is 5.54 Å². The van der Waals surface area contributed by atoms with Gasteiger partial charge in [-0.1, -0.05) is 133 Å². The molecule has 1 heterocycles. The van der Waals surface area contributed by atoms with Crippen molar-refractivity contribution in [3.05, 3.63) is 180 Å². The van der Waals surface area contributed by atoms with Gasteiger partial charge in [-0.15, -0.1) is 0 Å². The molecule has 4 nitrogen and oxygen atoms in total. The fourth-order valence-corrected chi connectivity index (χ4v) is 5.03. The highest BCUT2D eigenvalue weighted by molar-refractivity contribution is 5.81. The van der Waals surface area contributed by atoms with Gasteiger partial charge in [-0.25, -0.2) is 0 Å². The van der Waals surface area contributed by atoms with Gasteiger partial charge in [0.05, 0.1) is 17.6 Å². The quantitative estimate of drug-likeness (QED) is 0.130. The number of nitrogens with zero attached hydrogens (tertiary/aromatic N) is 3. The topological polar surface area (TPSA) is 42.2 Å². The maximum absolute atomic E-state index is 5.18. The molecular formula is C35H28N4. The van der Waals surface area contributed by atoms with Gasteiger partial charge in [0.2, 0.25) is 0 Å². The minimum atomic E-state index is -0.627. The summed E-state index contributed by atoms with van der Waals surface area (Å²) in [6.45, 7) is 0. The zero-order valence-corrected chi connectivity index (χ0v) is 21.4. The zero-order chi connectivity index (χ0) is 26.3. The standard InChI is InChI=1S/C35H28N4/c1-5-13-30(14-6-1)35(31-15-7-2-8-16-31,32-17-9-3-10-18-32)39-26-25-34(38-39)29-23-21-28(22-24-29)27-36-37-33-19-11-4-12-20-33/h1-27,37H. The lowest BCUT2D eigenvalue weighted by Gasteiger charge is -2.36. The van der Waals surface area contributed by atoms with E-state index in [1.54, 1.807) is 0 Å². The maximum atomic E-state index is 5.18. The molecule has 188 valence electrons. The molecule has 0 spiro atoms. The second-order valence-corrected chi connectivity index (χ2v) is 9.31. The number of hydrogen-bond donors (Lipinski definition) is 1. The Bertz CT molecular complexity index is 1540. The Morgan fingerprint density at radius 3 is 1.56 bits per heavy atom. The molecule has 1 aromatic heterocycles.